The Kier molecular flexibility index (Phi) is 6.81. The normalized spacial score (nSPS) is 11.2. The highest BCUT2D eigenvalue weighted by atomic mass is 79.9. The fraction of sp³-hybridized carbons (Fsp3) is 0.294. The van der Waals surface area contributed by atoms with Crippen molar-refractivity contribution in [3.8, 4) is 0 Å². The van der Waals surface area contributed by atoms with E-state index in [4.69, 9.17) is 0 Å². The highest BCUT2D eigenvalue weighted by Crippen LogP contribution is 2.19. The van der Waals surface area contributed by atoms with Gasteiger partial charge in [0, 0.05) is 48.0 Å². The predicted molar refractivity (Wildman–Crippen MR) is 104 cm³/mol. The van der Waals surface area contributed by atoms with Crippen LogP contribution in [-0.4, -0.2) is 37.9 Å². The molecule has 0 aliphatic carbocycles. The summed E-state index contributed by atoms with van der Waals surface area (Å²) >= 11 is 5.15. The summed E-state index contributed by atoms with van der Waals surface area (Å²) in [4.78, 5) is 18.9. The lowest BCUT2D eigenvalue weighted by Crippen LogP contribution is -2.36. The van der Waals surface area contributed by atoms with Crippen LogP contribution in [0.25, 0.3) is 0 Å². The highest BCUT2D eigenvalue weighted by molar-refractivity contribution is 9.10. The van der Waals surface area contributed by atoms with Crippen molar-refractivity contribution in [1.82, 2.24) is 15.5 Å². The van der Waals surface area contributed by atoms with Crippen molar-refractivity contribution in [1.29, 1.82) is 0 Å². The van der Waals surface area contributed by atoms with Gasteiger partial charge >= 0.3 is 0 Å². The first-order valence-electron chi connectivity index (χ1n) is 7.47. The van der Waals surface area contributed by atoms with Crippen molar-refractivity contribution >= 4 is 39.1 Å². The minimum Gasteiger partial charge on any atom is -0.352 e. The van der Waals surface area contributed by atoms with Gasteiger partial charge in [-0.25, -0.2) is 0 Å². The fourth-order valence-corrected chi connectivity index (χ4v) is 3.44. The van der Waals surface area contributed by atoms with Crippen LogP contribution in [0.5, 0.6) is 0 Å². The molecule has 1 heterocycles. The Bertz CT molecular complexity index is 710. The monoisotopic (exact) mass is 408 g/mol. The van der Waals surface area contributed by atoms with E-state index in [1.807, 2.05) is 24.3 Å². The summed E-state index contributed by atoms with van der Waals surface area (Å²) in [6.45, 7) is 1.37. The standard InChI is InChI=1S/C17H21BrN4OS/c1-19-17(21-10-15-8-14(18)11-24-15)20-9-12-4-6-13(7-5-12)16(23)22(2)3/h4-8,11H,9-10H2,1-3H3,(H2,19,20,21). The van der Waals surface area contributed by atoms with Crippen molar-refractivity contribution in [3.63, 3.8) is 0 Å². The Morgan fingerprint density at radius 3 is 2.42 bits per heavy atom. The minimum absolute atomic E-state index is 0.00842. The lowest BCUT2D eigenvalue weighted by atomic mass is 10.1. The van der Waals surface area contributed by atoms with Crippen LogP contribution < -0.4 is 10.6 Å². The van der Waals surface area contributed by atoms with Gasteiger partial charge in [-0.15, -0.1) is 11.3 Å². The van der Waals surface area contributed by atoms with Crippen molar-refractivity contribution in [2.45, 2.75) is 13.1 Å². The number of hydrogen-bond acceptors (Lipinski definition) is 3. The Morgan fingerprint density at radius 2 is 1.88 bits per heavy atom. The molecule has 128 valence electrons. The number of benzene rings is 1. The molecule has 0 aliphatic heterocycles. The van der Waals surface area contributed by atoms with Gasteiger partial charge in [-0.1, -0.05) is 12.1 Å². The SMILES string of the molecule is CN=C(NCc1ccc(C(=O)N(C)C)cc1)NCc1cc(Br)cs1. The number of nitrogens with one attached hydrogen (secondary N) is 2. The molecule has 5 nitrogen and oxygen atoms in total. The number of carbonyl (C=O) groups excluding carboxylic acids is 1. The number of halogens is 1. The largest absolute Gasteiger partial charge is 0.352 e. The van der Waals surface area contributed by atoms with Crippen LogP contribution in [0.1, 0.15) is 20.8 Å². The molecule has 24 heavy (non-hydrogen) atoms. The third-order valence-electron chi connectivity index (χ3n) is 3.34. The van der Waals surface area contributed by atoms with Crippen LogP contribution in [0, 0.1) is 0 Å². The van der Waals surface area contributed by atoms with Crippen LogP contribution in [0.2, 0.25) is 0 Å². The van der Waals surface area contributed by atoms with Gasteiger partial charge < -0.3 is 15.5 Å². The van der Waals surface area contributed by atoms with Gasteiger partial charge in [-0.3, -0.25) is 9.79 Å². The summed E-state index contributed by atoms with van der Waals surface area (Å²) in [6.07, 6.45) is 0. The van der Waals surface area contributed by atoms with Gasteiger partial charge in [0.2, 0.25) is 0 Å². The maximum Gasteiger partial charge on any atom is 0.253 e. The molecule has 0 saturated carbocycles. The molecule has 1 aromatic heterocycles. The van der Waals surface area contributed by atoms with E-state index in [1.54, 1.807) is 37.4 Å². The molecule has 0 saturated heterocycles. The molecule has 0 unspecified atom stereocenters. The second-order valence-electron chi connectivity index (χ2n) is 5.41. The highest BCUT2D eigenvalue weighted by Gasteiger charge is 2.07. The zero-order valence-corrected chi connectivity index (χ0v) is 16.4. The molecular weight excluding hydrogens is 388 g/mol. The number of guanidine groups is 1. The lowest BCUT2D eigenvalue weighted by molar-refractivity contribution is 0.0827. The molecule has 1 amide bonds. The number of amides is 1. The maximum absolute atomic E-state index is 11.9. The summed E-state index contributed by atoms with van der Waals surface area (Å²) in [6, 6.07) is 9.68. The molecule has 2 rings (SSSR count). The van der Waals surface area contributed by atoms with Crippen LogP contribution in [-0.2, 0) is 13.1 Å². The van der Waals surface area contributed by atoms with E-state index in [9.17, 15) is 4.79 Å². The van der Waals surface area contributed by atoms with E-state index >= 15 is 0 Å². The summed E-state index contributed by atoms with van der Waals surface area (Å²) in [5.41, 5.74) is 1.78. The Hall–Kier alpha value is -1.86. The third kappa shape index (κ3) is 5.35. The maximum atomic E-state index is 11.9. The molecule has 0 fully saturated rings. The molecule has 2 N–H and O–H groups in total. The Morgan fingerprint density at radius 1 is 1.21 bits per heavy atom. The van der Waals surface area contributed by atoms with Gasteiger partial charge in [0.15, 0.2) is 5.96 Å². The average Bonchev–Trinajstić information content (AvgIpc) is 3.00. The number of nitrogens with zero attached hydrogens (tertiary/aromatic N) is 2. The van der Waals surface area contributed by atoms with Crippen LogP contribution in [0.3, 0.4) is 0 Å². The van der Waals surface area contributed by atoms with E-state index in [2.05, 4.69) is 43.0 Å². The van der Waals surface area contributed by atoms with Crippen molar-refractivity contribution in [3.05, 3.63) is 56.2 Å². The molecule has 7 heteroatoms. The summed E-state index contributed by atoms with van der Waals surface area (Å²) in [5.74, 6) is 0.752. The smallest absolute Gasteiger partial charge is 0.253 e. The van der Waals surface area contributed by atoms with Gasteiger partial charge in [-0.2, -0.15) is 0 Å². The summed E-state index contributed by atoms with van der Waals surface area (Å²) in [7, 11) is 5.25. The van der Waals surface area contributed by atoms with E-state index in [0.29, 0.717) is 12.1 Å². The van der Waals surface area contributed by atoms with E-state index < -0.39 is 0 Å². The number of rotatable bonds is 5. The summed E-state index contributed by atoms with van der Waals surface area (Å²) < 4.78 is 1.10. The fourth-order valence-electron chi connectivity index (χ4n) is 2.05. The Balaban J connectivity index is 1.85. The molecule has 0 atom stereocenters. The molecule has 0 aliphatic rings. The van der Waals surface area contributed by atoms with Gasteiger partial charge in [0.05, 0.1) is 6.54 Å². The van der Waals surface area contributed by atoms with E-state index in [1.165, 1.54) is 4.88 Å². The molecular formula is C17H21BrN4OS. The predicted octanol–water partition coefficient (Wildman–Crippen LogP) is 3.08. The van der Waals surface area contributed by atoms with Crippen LogP contribution in [0.15, 0.2) is 45.2 Å². The number of carbonyl (C=O) groups is 1. The quantitative estimate of drug-likeness (QED) is 0.590. The Labute approximate surface area is 154 Å². The number of aliphatic imine (C=N–C) groups is 1. The topological polar surface area (TPSA) is 56.7 Å². The molecule has 1 aromatic carbocycles. The van der Waals surface area contributed by atoms with Gasteiger partial charge in [0.25, 0.3) is 5.91 Å². The zero-order chi connectivity index (χ0) is 17.5. The van der Waals surface area contributed by atoms with Gasteiger partial charge in [0.1, 0.15) is 0 Å². The lowest BCUT2D eigenvalue weighted by Gasteiger charge is -2.12. The first-order valence-corrected chi connectivity index (χ1v) is 9.15. The van der Waals surface area contributed by atoms with Crippen LogP contribution >= 0.6 is 27.3 Å². The summed E-state index contributed by atoms with van der Waals surface area (Å²) in [5, 5.41) is 8.61. The molecule has 0 radical (unpaired) electrons. The first-order chi connectivity index (χ1) is 11.5. The first kappa shape index (κ1) is 18.5. The molecule has 0 spiro atoms. The zero-order valence-electron chi connectivity index (χ0n) is 14.0. The van der Waals surface area contributed by atoms with Crippen LogP contribution in [0.4, 0.5) is 0 Å². The number of hydrogen-bond donors (Lipinski definition) is 2. The van der Waals surface area contributed by atoms with E-state index in [0.717, 1.165) is 22.5 Å². The van der Waals surface area contributed by atoms with Crippen molar-refractivity contribution in [2.75, 3.05) is 21.1 Å². The second-order valence-corrected chi connectivity index (χ2v) is 7.32. The number of thiophene rings is 1. The second kappa shape index (κ2) is 8.84. The average molecular weight is 409 g/mol. The third-order valence-corrected chi connectivity index (χ3v) is 5.04. The van der Waals surface area contributed by atoms with Crippen molar-refractivity contribution in [2.24, 2.45) is 4.99 Å². The van der Waals surface area contributed by atoms with Gasteiger partial charge in [-0.05, 0) is 39.7 Å². The van der Waals surface area contributed by atoms with E-state index in [-0.39, 0.29) is 5.91 Å². The molecule has 2 aromatic rings. The van der Waals surface area contributed by atoms with Crippen molar-refractivity contribution < 1.29 is 4.79 Å². The minimum atomic E-state index is 0.00842. The molecule has 0 bridgehead atoms.